The number of anilines is 1. The van der Waals surface area contributed by atoms with Gasteiger partial charge in [0, 0.05) is 16.6 Å². The summed E-state index contributed by atoms with van der Waals surface area (Å²) in [5, 5.41) is 7.69. The summed E-state index contributed by atoms with van der Waals surface area (Å²) in [6.45, 7) is 1.13. The number of halogens is 3. The van der Waals surface area contributed by atoms with Crippen LogP contribution in [0.2, 0.25) is 5.02 Å². The molecule has 2 nitrogen and oxygen atoms in total. The zero-order valence-corrected chi connectivity index (χ0v) is 14.3. The minimum absolute atomic E-state index is 0.311. The molecule has 116 valence electrons. The molecule has 3 unspecified atom stereocenters. The smallest absolute Gasteiger partial charge is 0.125 e. The van der Waals surface area contributed by atoms with Crippen LogP contribution >= 0.6 is 27.5 Å². The highest BCUT2D eigenvalue weighted by molar-refractivity contribution is 9.10. The molecule has 0 aromatic heterocycles. The van der Waals surface area contributed by atoms with Gasteiger partial charge < -0.3 is 10.6 Å². The van der Waals surface area contributed by atoms with Crippen molar-refractivity contribution in [3.63, 3.8) is 0 Å². The van der Waals surface area contributed by atoms with Gasteiger partial charge in [0.2, 0.25) is 0 Å². The topological polar surface area (TPSA) is 24.1 Å². The zero-order valence-electron chi connectivity index (χ0n) is 12.0. The van der Waals surface area contributed by atoms with Crippen LogP contribution in [0.1, 0.15) is 38.5 Å². The molecule has 1 saturated carbocycles. The summed E-state index contributed by atoms with van der Waals surface area (Å²) in [7, 11) is 0. The Kier molecular flexibility index (Phi) is 5.07. The van der Waals surface area contributed by atoms with Gasteiger partial charge in [-0.2, -0.15) is 0 Å². The molecule has 2 N–H and O–H groups in total. The minimum atomic E-state index is -0.311. The second kappa shape index (κ2) is 6.84. The molecule has 1 aromatic rings. The van der Waals surface area contributed by atoms with Gasteiger partial charge in [-0.3, -0.25) is 0 Å². The normalized spacial score (nSPS) is 29.6. The fourth-order valence-electron chi connectivity index (χ4n) is 3.76. The van der Waals surface area contributed by atoms with E-state index in [1.54, 1.807) is 0 Å². The van der Waals surface area contributed by atoms with E-state index in [0.29, 0.717) is 27.5 Å². The number of nitrogens with one attached hydrogen (secondary N) is 2. The molecule has 0 spiro atoms. The van der Waals surface area contributed by atoms with Gasteiger partial charge >= 0.3 is 0 Å². The summed E-state index contributed by atoms with van der Waals surface area (Å²) in [5.74, 6) is 0.327. The molecule has 2 fully saturated rings. The third-order valence-corrected chi connectivity index (χ3v) is 5.69. The first-order valence-electron chi connectivity index (χ1n) is 7.79. The van der Waals surface area contributed by atoms with E-state index in [1.165, 1.54) is 44.2 Å². The largest absolute Gasteiger partial charge is 0.380 e. The van der Waals surface area contributed by atoms with Crippen molar-refractivity contribution < 1.29 is 4.39 Å². The Morgan fingerprint density at radius 2 is 2.05 bits per heavy atom. The Balaban J connectivity index is 1.74. The summed E-state index contributed by atoms with van der Waals surface area (Å²) < 4.78 is 14.0. The number of piperidine rings is 1. The minimum Gasteiger partial charge on any atom is -0.380 e. The molecule has 2 aliphatic rings. The van der Waals surface area contributed by atoms with Gasteiger partial charge in [-0.1, -0.05) is 24.4 Å². The van der Waals surface area contributed by atoms with E-state index in [1.807, 2.05) is 0 Å². The first-order chi connectivity index (χ1) is 10.1. The predicted octanol–water partition coefficient (Wildman–Crippen LogP) is 4.96. The van der Waals surface area contributed by atoms with Crippen LogP contribution in [0.3, 0.4) is 0 Å². The summed E-state index contributed by atoms with van der Waals surface area (Å²) in [5.41, 5.74) is 0.825. The standard InChI is InChI=1S/C16H21BrClFN2/c17-12-8-10(19)9-13(18)16(12)21-15-6-3-4-11(15)14-5-1-2-7-20-14/h8-9,11,14-15,20-21H,1-7H2. The molecule has 3 atom stereocenters. The highest BCUT2D eigenvalue weighted by atomic mass is 79.9. The Bertz CT molecular complexity index is 482. The lowest BCUT2D eigenvalue weighted by Crippen LogP contribution is -2.44. The third-order valence-electron chi connectivity index (χ3n) is 4.77. The molecule has 1 aliphatic carbocycles. The number of rotatable bonds is 3. The summed E-state index contributed by atoms with van der Waals surface area (Å²) in [6, 6.07) is 3.87. The van der Waals surface area contributed by atoms with E-state index < -0.39 is 0 Å². The number of hydrogen-bond acceptors (Lipinski definition) is 2. The lowest BCUT2D eigenvalue weighted by Gasteiger charge is -2.33. The van der Waals surface area contributed by atoms with Gasteiger partial charge in [0.25, 0.3) is 0 Å². The van der Waals surface area contributed by atoms with Gasteiger partial charge in [-0.15, -0.1) is 0 Å². The van der Waals surface area contributed by atoms with Gasteiger partial charge in [-0.25, -0.2) is 4.39 Å². The third kappa shape index (κ3) is 3.54. The van der Waals surface area contributed by atoms with Crippen molar-refractivity contribution in [2.24, 2.45) is 5.92 Å². The second-order valence-corrected chi connectivity index (χ2v) is 7.41. The van der Waals surface area contributed by atoms with E-state index >= 15 is 0 Å². The van der Waals surface area contributed by atoms with Crippen molar-refractivity contribution in [1.82, 2.24) is 5.32 Å². The fourth-order valence-corrected chi connectivity index (χ4v) is 4.68. The van der Waals surface area contributed by atoms with Crippen LogP contribution in [0.15, 0.2) is 16.6 Å². The Hall–Kier alpha value is -0.320. The molecule has 21 heavy (non-hydrogen) atoms. The lowest BCUT2D eigenvalue weighted by atomic mass is 9.88. The SMILES string of the molecule is Fc1cc(Cl)c(NC2CCCC2C2CCCCN2)c(Br)c1. The second-order valence-electron chi connectivity index (χ2n) is 6.15. The van der Waals surface area contributed by atoms with E-state index in [0.717, 1.165) is 18.7 Å². The monoisotopic (exact) mass is 374 g/mol. The van der Waals surface area contributed by atoms with Crippen LogP contribution in [-0.4, -0.2) is 18.6 Å². The van der Waals surface area contributed by atoms with Gasteiger partial charge in [0.15, 0.2) is 0 Å². The maximum Gasteiger partial charge on any atom is 0.125 e. The molecular formula is C16H21BrClFN2. The maximum atomic E-state index is 13.3. The zero-order chi connectivity index (χ0) is 14.8. The lowest BCUT2D eigenvalue weighted by molar-refractivity contribution is 0.286. The van der Waals surface area contributed by atoms with Crippen molar-refractivity contribution in [3.8, 4) is 0 Å². The summed E-state index contributed by atoms with van der Waals surface area (Å²) in [6.07, 6.45) is 7.53. The van der Waals surface area contributed by atoms with Crippen LogP contribution in [0.4, 0.5) is 10.1 Å². The van der Waals surface area contributed by atoms with E-state index in [9.17, 15) is 4.39 Å². The maximum absolute atomic E-state index is 13.3. The molecule has 1 heterocycles. The molecular weight excluding hydrogens is 355 g/mol. The van der Waals surface area contributed by atoms with Gasteiger partial charge in [0.05, 0.1) is 10.7 Å². The average molecular weight is 376 g/mol. The van der Waals surface area contributed by atoms with Crippen LogP contribution < -0.4 is 10.6 Å². The number of benzene rings is 1. The average Bonchev–Trinajstić information content (AvgIpc) is 2.92. The number of hydrogen-bond donors (Lipinski definition) is 2. The molecule has 0 bridgehead atoms. The molecule has 0 amide bonds. The molecule has 3 rings (SSSR count). The quantitative estimate of drug-likeness (QED) is 0.780. The Morgan fingerprint density at radius 3 is 2.76 bits per heavy atom. The van der Waals surface area contributed by atoms with Crippen LogP contribution in [0.25, 0.3) is 0 Å². The Morgan fingerprint density at radius 1 is 1.19 bits per heavy atom. The van der Waals surface area contributed by atoms with E-state index in [-0.39, 0.29) is 5.82 Å². The molecule has 1 aliphatic heterocycles. The first-order valence-corrected chi connectivity index (χ1v) is 8.96. The van der Waals surface area contributed by atoms with Crippen molar-refractivity contribution in [1.29, 1.82) is 0 Å². The highest BCUT2D eigenvalue weighted by Crippen LogP contribution is 2.38. The molecule has 1 aromatic carbocycles. The predicted molar refractivity (Wildman–Crippen MR) is 89.5 cm³/mol. The first kappa shape index (κ1) is 15.6. The molecule has 1 saturated heterocycles. The van der Waals surface area contributed by atoms with Gasteiger partial charge in [0.1, 0.15) is 5.82 Å². The van der Waals surface area contributed by atoms with Crippen LogP contribution in [-0.2, 0) is 0 Å². The fraction of sp³-hybridized carbons (Fsp3) is 0.625. The van der Waals surface area contributed by atoms with Crippen molar-refractivity contribution in [2.75, 3.05) is 11.9 Å². The summed E-state index contributed by atoms with van der Waals surface area (Å²) in [4.78, 5) is 0. The van der Waals surface area contributed by atoms with Crippen molar-refractivity contribution >= 4 is 33.2 Å². The molecule has 5 heteroatoms. The van der Waals surface area contributed by atoms with Crippen LogP contribution in [0.5, 0.6) is 0 Å². The van der Waals surface area contributed by atoms with Crippen molar-refractivity contribution in [2.45, 2.75) is 50.6 Å². The van der Waals surface area contributed by atoms with E-state index in [2.05, 4.69) is 26.6 Å². The van der Waals surface area contributed by atoms with Crippen LogP contribution in [0, 0.1) is 11.7 Å². The van der Waals surface area contributed by atoms with Crippen molar-refractivity contribution in [3.05, 3.63) is 27.4 Å². The highest BCUT2D eigenvalue weighted by Gasteiger charge is 2.34. The molecule has 0 radical (unpaired) electrons. The van der Waals surface area contributed by atoms with Gasteiger partial charge in [-0.05, 0) is 66.2 Å². The van der Waals surface area contributed by atoms with E-state index in [4.69, 9.17) is 11.6 Å². The summed E-state index contributed by atoms with van der Waals surface area (Å²) >= 11 is 9.62. The Labute approximate surface area is 139 Å².